The predicted molar refractivity (Wildman–Crippen MR) is 78.4 cm³/mol. The fraction of sp³-hybridized carbons (Fsp3) is 0.467. The monoisotopic (exact) mass is 335 g/mol. The molecular weight excluding hydrogens is 320 g/mol. The lowest BCUT2D eigenvalue weighted by molar-refractivity contribution is -0.235. The quantitative estimate of drug-likeness (QED) is 0.790. The summed E-state index contributed by atoms with van der Waals surface area (Å²) in [6, 6.07) is 1.85. The first-order chi connectivity index (χ1) is 11.3. The van der Waals surface area contributed by atoms with Crippen LogP contribution in [0.3, 0.4) is 0 Å². The molecule has 1 N–H and O–H groups in total. The first kappa shape index (κ1) is 15.1. The van der Waals surface area contributed by atoms with Crippen LogP contribution in [0.15, 0.2) is 16.8 Å². The van der Waals surface area contributed by atoms with Gasteiger partial charge >= 0.3 is 11.8 Å². The van der Waals surface area contributed by atoms with Gasteiger partial charge in [0.05, 0.1) is 11.8 Å². The van der Waals surface area contributed by atoms with Crippen molar-refractivity contribution < 1.29 is 18.4 Å². The van der Waals surface area contributed by atoms with Crippen molar-refractivity contribution in [3.63, 3.8) is 0 Å². The molecule has 1 aliphatic rings. The second-order valence-corrected chi connectivity index (χ2v) is 6.22. The van der Waals surface area contributed by atoms with E-state index < -0.39 is 17.4 Å². The minimum absolute atomic E-state index is 0.00831. The van der Waals surface area contributed by atoms with Gasteiger partial charge in [0, 0.05) is 11.4 Å². The maximum absolute atomic E-state index is 14.4. The number of aromatic nitrogens is 5. The van der Waals surface area contributed by atoms with Crippen molar-refractivity contribution >= 4 is 5.65 Å². The molecule has 0 radical (unpaired) electrons. The van der Waals surface area contributed by atoms with Crippen molar-refractivity contribution in [2.45, 2.75) is 44.6 Å². The van der Waals surface area contributed by atoms with Gasteiger partial charge in [-0.25, -0.2) is 9.50 Å². The molecule has 0 aromatic carbocycles. The molecule has 1 aliphatic carbocycles. The molecule has 1 saturated carbocycles. The second kappa shape index (κ2) is 4.79. The Labute approximate surface area is 135 Å². The fourth-order valence-corrected chi connectivity index (χ4v) is 2.91. The van der Waals surface area contributed by atoms with Crippen molar-refractivity contribution in [1.82, 2.24) is 24.7 Å². The molecule has 9 heteroatoms. The Morgan fingerprint density at radius 3 is 2.71 bits per heavy atom. The Hall–Kier alpha value is -2.42. The van der Waals surface area contributed by atoms with Crippen molar-refractivity contribution in [1.29, 1.82) is 0 Å². The van der Waals surface area contributed by atoms with Gasteiger partial charge in [-0.15, -0.1) is 0 Å². The van der Waals surface area contributed by atoms with Gasteiger partial charge in [0.2, 0.25) is 5.82 Å². The average Bonchev–Trinajstić information content (AvgIpc) is 3.10. The number of halogens is 2. The van der Waals surface area contributed by atoms with Crippen molar-refractivity contribution in [3.05, 3.63) is 29.5 Å². The van der Waals surface area contributed by atoms with Crippen LogP contribution >= 0.6 is 0 Å². The standard InChI is InChI=1S/C15H15F2N5O2/c1-8-6-9(2)22-12(19-8)10(7-18-22)11-20-13(24-21-11)15(16,17)14(23)4-3-5-14/h6-7,23H,3-5H2,1-2H3. The van der Waals surface area contributed by atoms with Crippen LogP contribution in [0.4, 0.5) is 8.78 Å². The van der Waals surface area contributed by atoms with E-state index in [2.05, 4.69) is 20.2 Å². The summed E-state index contributed by atoms with van der Waals surface area (Å²) in [5, 5.41) is 17.8. The molecule has 0 atom stereocenters. The average molecular weight is 335 g/mol. The summed E-state index contributed by atoms with van der Waals surface area (Å²) in [6.45, 7) is 3.69. The number of nitrogens with zero attached hydrogens (tertiary/aromatic N) is 5. The highest BCUT2D eigenvalue weighted by atomic mass is 19.3. The number of fused-ring (bicyclic) bond motifs is 1. The number of aryl methyl sites for hydroxylation is 2. The van der Waals surface area contributed by atoms with Crippen LogP contribution in [0, 0.1) is 13.8 Å². The number of alkyl halides is 2. The zero-order chi connectivity index (χ0) is 17.1. The van der Waals surface area contributed by atoms with E-state index in [0.29, 0.717) is 17.6 Å². The summed E-state index contributed by atoms with van der Waals surface area (Å²) in [4.78, 5) is 8.16. The summed E-state index contributed by atoms with van der Waals surface area (Å²) >= 11 is 0. The molecule has 126 valence electrons. The lowest BCUT2D eigenvalue weighted by atomic mass is 9.75. The molecule has 3 aromatic rings. The molecule has 0 bridgehead atoms. The molecule has 24 heavy (non-hydrogen) atoms. The van der Waals surface area contributed by atoms with Gasteiger partial charge < -0.3 is 9.63 Å². The Morgan fingerprint density at radius 1 is 1.29 bits per heavy atom. The van der Waals surface area contributed by atoms with Gasteiger partial charge in [-0.3, -0.25) is 0 Å². The number of hydrogen-bond donors (Lipinski definition) is 1. The molecule has 3 heterocycles. The summed E-state index contributed by atoms with van der Waals surface area (Å²) in [5.41, 5.74) is 0.364. The van der Waals surface area contributed by atoms with Crippen LogP contribution in [-0.4, -0.2) is 35.4 Å². The molecular formula is C15H15F2N5O2. The third-order valence-electron chi connectivity index (χ3n) is 4.48. The van der Waals surface area contributed by atoms with E-state index >= 15 is 0 Å². The van der Waals surface area contributed by atoms with Crippen LogP contribution < -0.4 is 0 Å². The first-order valence-electron chi connectivity index (χ1n) is 7.58. The third-order valence-corrected chi connectivity index (χ3v) is 4.48. The molecule has 3 aromatic heterocycles. The van der Waals surface area contributed by atoms with Gasteiger partial charge in [-0.1, -0.05) is 5.16 Å². The third kappa shape index (κ3) is 1.97. The number of rotatable bonds is 3. The zero-order valence-electron chi connectivity index (χ0n) is 13.1. The van der Waals surface area contributed by atoms with Crippen molar-refractivity contribution in [2.75, 3.05) is 0 Å². The first-order valence-corrected chi connectivity index (χ1v) is 7.58. The maximum Gasteiger partial charge on any atom is 0.352 e. The van der Waals surface area contributed by atoms with E-state index in [1.165, 1.54) is 6.20 Å². The van der Waals surface area contributed by atoms with Gasteiger partial charge in [0.25, 0.3) is 0 Å². The molecule has 7 nitrogen and oxygen atoms in total. The van der Waals surface area contributed by atoms with Gasteiger partial charge in [-0.2, -0.15) is 18.9 Å². The lowest BCUT2D eigenvalue weighted by Crippen LogP contribution is -2.51. The molecule has 0 saturated heterocycles. The number of aliphatic hydroxyl groups is 1. The molecule has 0 amide bonds. The molecule has 0 spiro atoms. The summed E-state index contributed by atoms with van der Waals surface area (Å²) < 4.78 is 35.1. The Bertz CT molecular complexity index is 929. The van der Waals surface area contributed by atoms with Crippen molar-refractivity contribution in [3.8, 4) is 11.4 Å². The second-order valence-electron chi connectivity index (χ2n) is 6.22. The van der Waals surface area contributed by atoms with Gasteiger partial charge in [0.15, 0.2) is 5.65 Å². The number of hydrogen-bond acceptors (Lipinski definition) is 6. The smallest absolute Gasteiger partial charge is 0.352 e. The van der Waals surface area contributed by atoms with Crippen molar-refractivity contribution in [2.24, 2.45) is 0 Å². The van der Waals surface area contributed by atoms with E-state index in [1.807, 2.05) is 19.9 Å². The highest BCUT2D eigenvalue weighted by Gasteiger charge is 2.60. The minimum atomic E-state index is -3.58. The summed E-state index contributed by atoms with van der Waals surface area (Å²) in [5.74, 6) is -4.50. The van der Waals surface area contributed by atoms with E-state index in [9.17, 15) is 13.9 Å². The van der Waals surface area contributed by atoms with E-state index in [-0.39, 0.29) is 18.7 Å². The minimum Gasteiger partial charge on any atom is -0.383 e. The van der Waals surface area contributed by atoms with E-state index in [4.69, 9.17) is 4.52 Å². The van der Waals surface area contributed by atoms with Crippen LogP contribution in [0.5, 0.6) is 0 Å². The van der Waals surface area contributed by atoms with Gasteiger partial charge in [0.1, 0.15) is 5.60 Å². The van der Waals surface area contributed by atoms with Crippen LogP contribution in [0.1, 0.15) is 36.5 Å². The normalized spacial score (nSPS) is 17.2. The Balaban J connectivity index is 1.79. The molecule has 0 unspecified atom stereocenters. The van der Waals surface area contributed by atoms with Crippen LogP contribution in [0.2, 0.25) is 0 Å². The molecule has 4 rings (SSSR count). The molecule has 1 fully saturated rings. The maximum atomic E-state index is 14.4. The Morgan fingerprint density at radius 2 is 2.04 bits per heavy atom. The summed E-state index contributed by atoms with van der Waals surface area (Å²) in [7, 11) is 0. The lowest BCUT2D eigenvalue weighted by Gasteiger charge is -2.40. The fourth-order valence-electron chi connectivity index (χ4n) is 2.91. The largest absolute Gasteiger partial charge is 0.383 e. The predicted octanol–water partition coefficient (Wildman–Crippen LogP) is 2.40. The highest BCUT2D eigenvalue weighted by Crippen LogP contribution is 2.49. The van der Waals surface area contributed by atoms with E-state index in [0.717, 1.165) is 11.4 Å². The zero-order valence-corrected chi connectivity index (χ0v) is 13.1. The molecule has 0 aliphatic heterocycles. The topological polar surface area (TPSA) is 89.3 Å². The van der Waals surface area contributed by atoms with Crippen LogP contribution in [0.25, 0.3) is 17.0 Å². The van der Waals surface area contributed by atoms with Gasteiger partial charge in [-0.05, 0) is 39.2 Å². The van der Waals surface area contributed by atoms with E-state index in [1.54, 1.807) is 4.52 Å². The highest BCUT2D eigenvalue weighted by molar-refractivity contribution is 5.72. The SMILES string of the molecule is Cc1cc(C)n2ncc(-c3noc(C(F)(F)C4(O)CCC4)n3)c2n1. The summed E-state index contributed by atoms with van der Waals surface area (Å²) in [6.07, 6.45) is 2.02. The Kier molecular flexibility index (Phi) is 3.02. The van der Waals surface area contributed by atoms with Crippen LogP contribution in [-0.2, 0) is 5.92 Å².